The van der Waals surface area contributed by atoms with Gasteiger partial charge in [0, 0.05) is 35.9 Å². The molecule has 2 aromatic carbocycles. The molecule has 4 rings (SSSR count). The Balaban J connectivity index is 1.44. The summed E-state index contributed by atoms with van der Waals surface area (Å²) in [6.45, 7) is 0. The van der Waals surface area contributed by atoms with Gasteiger partial charge in [0.05, 0.1) is 5.56 Å². The Labute approximate surface area is 164 Å². The van der Waals surface area contributed by atoms with Gasteiger partial charge in [-0.25, -0.2) is 23.4 Å². The van der Waals surface area contributed by atoms with Gasteiger partial charge in [0.1, 0.15) is 23.8 Å². The summed E-state index contributed by atoms with van der Waals surface area (Å²) in [5.41, 5.74) is 0.950. The Morgan fingerprint density at radius 3 is 2.48 bits per heavy atom. The predicted molar refractivity (Wildman–Crippen MR) is 103 cm³/mol. The van der Waals surface area contributed by atoms with E-state index in [-0.39, 0.29) is 5.56 Å². The lowest BCUT2D eigenvalue weighted by Crippen LogP contribution is -2.13. The van der Waals surface area contributed by atoms with Gasteiger partial charge in [-0.15, -0.1) is 0 Å². The fourth-order valence-electron chi connectivity index (χ4n) is 2.60. The van der Waals surface area contributed by atoms with Crippen LogP contribution in [0.25, 0.3) is 5.82 Å². The monoisotopic (exact) mass is 392 g/mol. The molecule has 0 bridgehead atoms. The molecule has 0 aliphatic carbocycles. The smallest absolute Gasteiger partial charge is 0.258 e. The lowest BCUT2D eigenvalue weighted by atomic mass is 10.2. The van der Waals surface area contributed by atoms with Crippen molar-refractivity contribution in [1.82, 2.24) is 19.7 Å². The van der Waals surface area contributed by atoms with Crippen molar-refractivity contribution in [3.05, 3.63) is 90.5 Å². The summed E-state index contributed by atoms with van der Waals surface area (Å²) in [6.07, 6.45) is 4.85. The van der Waals surface area contributed by atoms with Gasteiger partial charge in [-0.1, -0.05) is 0 Å². The zero-order valence-corrected chi connectivity index (χ0v) is 14.9. The zero-order valence-electron chi connectivity index (χ0n) is 14.9. The van der Waals surface area contributed by atoms with Crippen molar-refractivity contribution >= 4 is 23.1 Å². The van der Waals surface area contributed by atoms with Crippen molar-refractivity contribution in [2.45, 2.75) is 0 Å². The minimum Gasteiger partial charge on any atom is -0.340 e. The standard InChI is InChI=1S/C20H14F2N6O/c21-13-2-7-16(17(22)10-13)20(29)27-15-5-3-14(4-6-15)26-18-11-19(24-12-23-18)28-9-1-8-25-28/h1-12H,(H,27,29)(H,23,24,26). The van der Waals surface area contributed by atoms with Gasteiger partial charge in [0.15, 0.2) is 5.82 Å². The second-order valence-electron chi connectivity index (χ2n) is 5.99. The third-order valence-electron chi connectivity index (χ3n) is 3.98. The maximum Gasteiger partial charge on any atom is 0.258 e. The van der Waals surface area contributed by atoms with E-state index in [0.717, 1.165) is 17.8 Å². The Kier molecular flexibility index (Phi) is 4.93. The molecule has 0 aliphatic heterocycles. The molecule has 1 amide bonds. The van der Waals surface area contributed by atoms with Crippen molar-refractivity contribution in [3.63, 3.8) is 0 Å². The van der Waals surface area contributed by atoms with E-state index in [0.29, 0.717) is 23.4 Å². The molecule has 0 unspecified atom stereocenters. The molecule has 144 valence electrons. The SMILES string of the molecule is O=C(Nc1ccc(Nc2cc(-n3cccn3)ncn2)cc1)c1ccc(F)cc1F. The number of nitrogens with one attached hydrogen (secondary N) is 2. The number of aromatic nitrogens is 4. The molecule has 0 saturated carbocycles. The van der Waals surface area contributed by atoms with Crippen LogP contribution in [0.5, 0.6) is 0 Å². The number of anilines is 3. The van der Waals surface area contributed by atoms with E-state index in [4.69, 9.17) is 0 Å². The molecule has 0 atom stereocenters. The maximum atomic E-state index is 13.7. The number of carbonyl (C=O) groups excluding carboxylic acids is 1. The largest absolute Gasteiger partial charge is 0.340 e. The van der Waals surface area contributed by atoms with Crippen LogP contribution in [0.2, 0.25) is 0 Å². The molecule has 2 N–H and O–H groups in total. The average molecular weight is 392 g/mol. The van der Waals surface area contributed by atoms with Crippen molar-refractivity contribution in [2.75, 3.05) is 10.6 Å². The summed E-state index contributed by atoms with van der Waals surface area (Å²) < 4.78 is 28.3. The van der Waals surface area contributed by atoms with Crippen LogP contribution in [0, 0.1) is 11.6 Å². The first-order valence-electron chi connectivity index (χ1n) is 8.54. The highest BCUT2D eigenvalue weighted by molar-refractivity contribution is 6.04. The summed E-state index contributed by atoms with van der Waals surface area (Å²) >= 11 is 0. The van der Waals surface area contributed by atoms with Crippen molar-refractivity contribution in [2.24, 2.45) is 0 Å². The van der Waals surface area contributed by atoms with Crippen LogP contribution in [0.3, 0.4) is 0 Å². The number of halogens is 2. The van der Waals surface area contributed by atoms with Gasteiger partial charge in [-0.2, -0.15) is 5.10 Å². The van der Waals surface area contributed by atoms with E-state index in [2.05, 4.69) is 25.7 Å². The van der Waals surface area contributed by atoms with E-state index in [1.807, 2.05) is 0 Å². The second-order valence-corrected chi connectivity index (χ2v) is 5.99. The van der Waals surface area contributed by atoms with Crippen LogP contribution in [0.4, 0.5) is 26.0 Å². The van der Waals surface area contributed by atoms with Gasteiger partial charge in [-0.3, -0.25) is 4.79 Å². The average Bonchev–Trinajstić information content (AvgIpc) is 3.24. The van der Waals surface area contributed by atoms with Gasteiger partial charge >= 0.3 is 0 Å². The van der Waals surface area contributed by atoms with E-state index >= 15 is 0 Å². The first-order valence-corrected chi connectivity index (χ1v) is 8.54. The van der Waals surface area contributed by atoms with Crippen LogP contribution in [0.15, 0.2) is 73.3 Å². The second kappa shape index (κ2) is 7.85. The lowest BCUT2D eigenvalue weighted by Gasteiger charge is -2.09. The Hall–Kier alpha value is -4.14. The molecule has 9 heteroatoms. The summed E-state index contributed by atoms with van der Waals surface area (Å²) in [4.78, 5) is 20.5. The number of benzene rings is 2. The quantitative estimate of drug-likeness (QED) is 0.538. The molecule has 0 saturated heterocycles. The molecule has 0 spiro atoms. The van der Waals surface area contributed by atoms with Gasteiger partial charge in [0.25, 0.3) is 5.91 Å². The van der Waals surface area contributed by atoms with Gasteiger partial charge < -0.3 is 10.6 Å². The maximum absolute atomic E-state index is 13.7. The minimum atomic E-state index is -0.919. The van der Waals surface area contributed by atoms with E-state index in [1.54, 1.807) is 53.5 Å². The number of nitrogens with zero attached hydrogens (tertiary/aromatic N) is 4. The first kappa shape index (κ1) is 18.2. The Bertz CT molecular complexity index is 1150. The molecule has 4 aromatic rings. The molecule has 0 radical (unpaired) electrons. The molecular weight excluding hydrogens is 378 g/mol. The van der Waals surface area contributed by atoms with Crippen molar-refractivity contribution in [1.29, 1.82) is 0 Å². The third-order valence-corrected chi connectivity index (χ3v) is 3.98. The number of hydrogen-bond donors (Lipinski definition) is 2. The van der Waals surface area contributed by atoms with Crippen LogP contribution < -0.4 is 10.6 Å². The lowest BCUT2D eigenvalue weighted by molar-refractivity contribution is 0.102. The molecule has 7 nitrogen and oxygen atoms in total. The number of carbonyl (C=O) groups is 1. The van der Waals surface area contributed by atoms with Crippen molar-refractivity contribution < 1.29 is 13.6 Å². The summed E-state index contributed by atoms with van der Waals surface area (Å²) in [5, 5.41) is 9.82. The minimum absolute atomic E-state index is 0.235. The van der Waals surface area contributed by atoms with E-state index in [1.165, 1.54) is 6.33 Å². The highest BCUT2D eigenvalue weighted by atomic mass is 19.1. The molecule has 2 heterocycles. The number of rotatable bonds is 5. The van der Waals surface area contributed by atoms with Crippen LogP contribution in [-0.4, -0.2) is 25.7 Å². The van der Waals surface area contributed by atoms with E-state index < -0.39 is 17.5 Å². The van der Waals surface area contributed by atoms with Crippen molar-refractivity contribution in [3.8, 4) is 5.82 Å². The molecule has 0 aliphatic rings. The normalized spacial score (nSPS) is 10.6. The topological polar surface area (TPSA) is 84.7 Å². The fourth-order valence-corrected chi connectivity index (χ4v) is 2.60. The summed E-state index contributed by atoms with van der Waals surface area (Å²) in [5.74, 6) is -1.15. The predicted octanol–water partition coefficient (Wildman–Crippen LogP) is 3.94. The Morgan fingerprint density at radius 1 is 0.966 bits per heavy atom. The van der Waals surface area contributed by atoms with Crippen LogP contribution in [0.1, 0.15) is 10.4 Å². The van der Waals surface area contributed by atoms with Gasteiger partial charge in [-0.05, 0) is 42.5 Å². The highest BCUT2D eigenvalue weighted by Crippen LogP contribution is 2.19. The summed E-state index contributed by atoms with van der Waals surface area (Å²) in [6, 6.07) is 13.1. The van der Waals surface area contributed by atoms with Crippen LogP contribution >= 0.6 is 0 Å². The summed E-state index contributed by atoms with van der Waals surface area (Å²) in [7, 11) is 0. The van der Waals surface area contributed by atoms with Crippen LogP contribution in [-0.2, 0) is 0 Å². The molecule has 2 aromatic heterocycles. The number of amides is 1. The highest BCUT2D eigenvalue weighted by Gasteiger charge is 2.12. The fraction of sp³-hybridized carbons (Fsp3) is 0. The first-order chi connectivity index (χ1) is 14.1. The Morgan fingerprint density at radius 2 is 1.76 bits per heavy atom. The molecule has 29 heavy (non-hydrogen) atoms. The molecule has 0 fully saturated rings. The third kappa shape index (κ3) is 4.24. The van der Waals surface area contributed by atoms with E-state index in [9.17, 15) is 13.6 Å². The zero-order chi connectivity index (χ0) is 20.2. The number of hydrogen-bond acceptors (Lipinski definition) is 5. The van der Waals surface area contributed by atoms with Gasteiger partial charge in [0.2, 0.25) is 0 Å². The molecular formula is C20H14F2N6O.